The van der Waals surface area contributed by atoms with Crippen LogP contribution in [0.3, 0.4) is 0 Å². The lowest BCUT2D eigenvalue weighted by Gasteiger charge is -2.31. The van der Waals surface area contributed by atoms with Gasteiger partial charge in [0.25, 0.3) is 0 Å². The van der Waals surface area contributed by atoms with Crippen molar-refractivity contribution in [3.05, 3.63) is 12.4 Å². The predicted octanol–water partition coefficient (Wildman–Crippen LogP) is 1.19. The van der Waals surface area contributed by atoms with Gasteiger partial charge < -0.3 is 15.4 Å². The summed E-state index contributed by atoms with van der Waals surface area (Å²) in [5.41, 5.74) is 5.96. The number of rotatable bonds is 3. The van der Waals surface area contributed by atoms with E-state index in [1.54, 1.807) is 12.4 Å². The molecule has 5 heteroatoms. The van der Waals surface area contributed by atoms with E-state index in [2.05, 4.69) is 14.9 Å². The maximum Gasteiger partial charge on any atom is 0.234 e. The van der Waals surface area contributed by atoms with Crippen molar-refractivity contribution in [1.82, 2.24) is 9.97 Å². The monoisotopic (exact) mass is 236 g/mol. The van der Waals surface area contributed by atoms with Crippen LogP contribution in [-0.2, 0) is 0 Å². The third-order valence-electron chi connectivity index (χ3n) is 2.74. The van der Waals surface area contributed by atoms with Gasteiger partial charge in [-0.15, -0.1) is 0 Å². The number of nitrogens with two attached hydrogens (primary N) is 1. The molecule has 0 aromatic carbocycles. The molecule has 1 aliphatic rings. The van der Waals surface area contributed by atoms with Crippen molar-refractivity contribution in [2.45, 2.75) is 38.8 Å². The van der Waals surface area contributed by atoms with Gasteiger partial charge >= 0.3 is 0 Å². The van der Waals surface area contributed by atoms with E-state index in [0.29, 0.717) is 5.88 Å². The molecule has 1 atom stereocenters. The van der Waals surface area contributed by atoms with Crippen LogP contribution in [0.2, 0.25) is 0 Å². The van der Waals surface area contributed by atoms with Crippen LogP contribution in [0.4, 0.5) is 5.82 Å². The van der Waals surface area contributed by atoms with E-state index in [9.17, 15) is 0 Å². The highest BCUT2D eigenvalue weighted by Gasteiger charge is 2.18. The summed E-state index contributed by atoms with van der Waals surface area (Å²) >= 11 is 0. The van der Waals surface area contributed by atoms with Crippen molar-refractivity contribution >= 4 is 5.82 Å². The molecule has 2 rings (SSSR count). The second kappa shape index (κ2) is 5.31. The summed E-state index contributed by atoms with van der Waals surface area (Å²) in [5, 5.41) is 0. The fourth-order valence-corrected chi connectivity index (χ4v) is 2.01. The quantitative estimate of drug-likeness (QED) is 0.854. The molecule has 2 N–H and O–H groups in total. The molecule has 2 heterocycles. The molecule has 1 aliphatic heterocycles. The Morgan fingerprint density at radius 2 is 2.29 bits per heavy atom. The summed E-state index contributed by atoms with van der Waals surface area (Å²) in [7, 11) is 0. The van der Waals surface area contributed by atoms with Gasteiger partial charge in [0.1, 0.15) is 0 Å². The van der Waals surface area contributed by atoms with Gasteiger partial charge in [-0.25, -0.2) is 0 Å². The van der Waals surface area contributed by atoms with Crippen LogP contribution in [-0.4, -0.2) is 35.2 Å². The molecule has 0 aliphatic carbocycles. The molecule has 1 aromatic rings. The van der Waals surface area contributed by atoms with Crippen LogP contribution >= 0.6 is 0 Å². The first-order chi connectivity index (χ1) is 8.15. The normalized spacial score (nSPS) is 20.7. The Labute approximate surface area is 102 Å². The van der Waals surface area contributed by atoms with Crippen LogP contribution < -0.4 is 15.4 Å². The van der Waals surface area contributed by atoms with Gasteiger partial charge in [-0.3, -0.25) is 4.98 Å². The number of aromatic nitrogens is 2. The van der Waals surface area contributed by atoms with E-state index in [1.807, 2.05) is 13.8 Å². The summed E-state index contributed by atoms with van der Waals surface area (Å²) < 4.78 is 5.54. The van der Waals surface area contributed by atoms with Crippen molar-refractivity contribution in [1.29, 1.82) is 0 Å². The first kappa shape index (κ1) is 12.1. The first-order valence-corrected chi connectivity index (χ1v) is 6.14. The molecule has 0 spiro atoms. The average molecular weight is 236 g/mol. The van der Waals surface area contributed by atoms with Crippen LogP contribution in [0.5, 0.6) is 5.88 Å². The Bertz CT molecular complexity index is 369. The van der Waals surface area contributed by atoms with Crippen molar-refractivity contribution in [2.75, 3.05) is 18.0 Å². The van der Waals surface area contributed by atoms with Crippen molar-refractivity contribution < 1.29 is 4.74 Å². The summed E-state index contributed by atoms with van der Waals surface area (Å²) in [6.07, 6.45) is 5.73. The summed E-state index contributed by atoms with van der Waals surface area (Å²) in [6, 6.07) is 0.236. The lowest BCUT2D eigenvalue weighted by atomic mass is 10.1. The second-order valence-electron chi connectivity index (χ2n) is 4.73. The molecule has 1 saturated heterocycles. The summed E-state index contributed by atoms with van der Waals surface area (Å²) in [6.45, 7) is 5.80. The lowest BCUT2D eigenvalue weighted by Crippen LogP contribution is -2.43. The van der Waals surface area contributed by atoms with E-state index >= 15 is 0 Å². The van der Waals surface area contributed by atoms with Crippen LogP contribution in [0.15, 0.2) is 12.4 Å². The molecule has 0 saturated carbocycles. The van der Waals surface area contributed by atoms with Gasteiger partial charge in [-0.2, -0.15) is 4.98 Å². The van der Waals surface area contributed by atoms with E-state index in [-0.39, 0.29) is 12.1 Å². The predicted molar refractivity (Wildman–Crippen MR) is 67.2 cm³/mol. The molecule has 94 valence electrons. The molecule has 0 radical (unpaired) electrons. The smallest absolute Gasteiger partial charge is 0.234 e. The maximum absolute atomic E-state index is 5.96. The Kier molecular flexibility index (Phi) is 3.78. The van der Waals surface area contributed by atoms with Crippen LogP contribution in [0.1, 0.15) is 26.7 Å². The Balaban J connectivity index is 2.09. The first-order valence-electron chi connectivity index (χ1n) is 6.14. The highest BCUT2D eigenvalue weighted by Crippen LogP contribution is 2.19. The zero-order valence-electron chi connectivity index (χ0n) is 10.5. The zero-order valence-corrected chi connectivity index (χ0v) is 10.5. The fourth-order valence-electron chi connectivity index (χ4n) is 2.01. The number of hydrogen-bond acceptors (Lipinski definition) is 5. The van der Waals surface area contributed by atoms with Crippen molar-refractivity contribution in [2.24, 2.45) is 5.73 Å². The average Bonchev–Trinajstić information content (AvgIpc) is 2.28. The summed E-state index contributed by atoms with van der Waals surface area (Å²) in [4.78, 5) is 10.8. The topological polar surface area (TPSA) is 64.3 Å². The molecular formula is C12H20N4O. The Morgan fingerprint density at radius 3 is 3.00 bits per heavy atom. The fraction of sp³-hybridized carbons (Fsp3) is 0.667. The molecule has 1 unspecified atom stereocenters. The van der Waals surface area contributed by atoms with E-state index in [1.165, 1.54) is 0 Å². The molecule has 1 fully saturated rings. The highest BCUT2D eigenvalue weighted by atomic mass is 16.5. The van der Waals surface area contributed by atoms with E-state index < -0.39 is 0 Å². The van der Waals surface area contributed by atoms with Gasteiger partial charge in [0.2, 0.25) is 5.88 Å². The number of anilines is 1. The highest BCUT2D eigenvalue weighted by molar-refractivity contribution is 5.38. The minimum Gasteiger partial charge on any atom is -0.474 e. The van der Waals surface area contributed by atoms with Gasteiger partial charge in [-0.1, -0.05) is 0 Å². The molecule has 1 aromatic heterocycles. The number of hydrogen-bond donors (Lipinski definition) is 1. The Hall–Kier alpha value is -1.36. The van der Waals surface area contributed by atoms with E-state index in [0.717, 1.165) is 31.7 Å². The molecule has 0 bridgehead atoms. The van der Waals surface area contributed by atoms with Crippen LogP contribution in [0, 0.1) is 0 Å². The SMILES string of the molecule is CC(C)Oc1cncc(N2CCCC(N)C2)n1. The lowest BCUT2D eigenvalue weighted by molar-refractivity contribution is 0.231. The maximum atomic E-state index is 5.96. The van der Waals surface area contributed by atoms with Gasteiger partial charge in [0.05, 0.1) is 18.5 Å². The minimum atomic E-state index is 0.114. The standard InChI is InChI=1S/C12H20N4O/c1-9(2)17-12-7-14-6-11(15-12)16-5-3-4-10(13)8-16/h6-7,9-10H,3-5,8,13H2,1-2H3. The van der Waals surface area contributed by atoms with Gasteiger partial charge in [0, 0.05) is 19.1 Å². The minimum absolute atomic E-state index is 0.114. The largest absolute Gasteiger partial charge is 0.474 e. The molecule has 5 nitrogen and oxygen atoms in total. The molecular weight excluding hydrogens is 216 g/mol. The third-order valence-corrected chi connectivity index (χ3v) is 2.74. The second-order valence-corrected chi connectivity index (χ2v) is 4.73. The van der Waals surface area contributed by atoms with E-state index in [4.69, 9.17) is 10.5 Å². The van der Waals surface area contributed by atoms with Gasteiger partial charge in [0.15, 0.2) is 5.82 Å². The number of nitrogens with zero attached hydrogens (tertiary/aromatic N) is 3. The van der Waals surface area contributed by atoms with Gasteiger partial charge in [-0.05, 0) is 26.7 Å². The third kappa shape index (κ3) is 3.30. The molecule has 0 amide bonds. The Morgan fingerprint density at radius 1 is 1.47 bits per heavy atom. The van der Waals surface area contributed by atoms with Crippen molar-refractivity contribution in [3.8, 4) is 5.88 Å². The number of ether oxygens (including phenoxy) is 1. The number of piperidine rings is 1. The summed E-state index contributed by atoms with van der Waals surface area (Å²) in [5.74, 6) is 1.44. The van der Waals surface area contributed by atoms with Crippen LogP contribution in [0.25, 0.3) is 0 Å². The molecule has 17 heavy (non-hydrogen) atoms. The zero-order chi connectivity index (χ0) is 12.3. The van der Waals surface area contributed by atoms with Crippen molar-refractivity contribution in [3.63, 3.8) is 0 Å².